The van der Waals surface area contributed by atoms with Gasteiger partial charge in [-0.3, -0.25) is 4.98 Å². The van der Waals surface area contributed by atoms with Gasteiger partial charge >= 0.3 is 0 Å². The van der Waals surface area contributed by atoms with Crippen LogP contribution in [0.5, 0.6) is 5.75 Å². The van der Waals surface area contributed by atoms with Crippen LogP contribution in [0.25, 0.3) is 10.9 Å². The van der Waals surface area contributed by atoms with Crippen molar-refractivity contribution in [3.63, 3.8) is 0 Å². The first-order valence-corrected chi connectivity index (χ1v) is 6.02. The van der Waals surface area contributed by atoms with Crippen molar-refractivity contribution in [1.29, 1.82) is 0 Å². The molecule has 0 bridgehead atoms. The molecule has 1 aromatic carbocycles. The Morgan fingerprint density at radius 3 is 2.68 bits per heavy atom. The topological polar surface area (TPSA) is 58.1 Å². The summed E-state index contributed by atoms with van der Waals surface area (Å²) in [5.74, 6) is 0.775. The summed E-state index contributed by atoms with van der Waals surface area (Å²) < 4.78 is 5.10. The van der Waals surface area contributed by atoms with Gasteiger partial charge in [0.05, 0.1) is 18.8 Å². The number of rotatable bonds is 3. The van der Waals surface area contributed by atoms with Crippen LogP contribution in [-0.2, 0) is 0 Å². The molecule has 0 aliphatic heterocycles. The van der Waals surface area contributed by atoms with Gasteiger partial charge in [-0.2, -0.15) is 0 Å². The molecule has 0 fully saturated rings. The van der Waals surface area contributed by atoms with E-state index in [-0.39, 0.29) is 0 Å². The number of hydrogen-bond donors (Lipinski definition) is 2. The number of aromatic nitrogens is 2. The van der Waals surface area contributed by atoms with Crippen molar-refractivity contribution in [3.05, 3.63) is 60.0 Å². The van der Waals surface area contributed by atoms with E-state index in [9.17, 15) is 5.11 Å². The van der Waals surface area contributed by atoms with Gasteiger partial charge in [-0.1, -0.05) is 12.1 Å². The minimum Gasteiger partial charge on any atom is -0.497 e. The summed E-state index contributed by atoms with van der Waals surface area (Å²) in [6.45, 7) is 0. The molecule has 0 amide bonds. The van der Waals surface area contributed by atoms with Crippen LogP contribution >= 0.6 is 0 Å². The molecule has 0 aliphatic rings. The number of fused-ring (bicyclic) bond motifs is 1. The first kappa shape index (κ1) is 11.7. The summed E-state index contributed by atoms with van der Waals surface area (Å²) in [6, 6.07) is 11.2. The highest BCUT2D eigenvalue weighted by Gasteiger charge is 2.13. The quantitative estimate of drug-likeness (QED) is 0.755. The largest absolute Gasteiger partial charge is 0.497 e. The summed E-state index contributed by atoms with van der Waals surface area (Å²) >= 11 is 0. The third kappa shape index (κ3) is 2.18. The summed E-state index contributed by atoms with van der Waals surface area (Å²) in [7, 11) is 1.62. The lowest BCUT2D eigenvalue weighted by atomic mass is 10.1. The molecule has 0 aliphatic carbocycles. The van der Waals surface area contributed by atoms with E-state index in [4.69, 9.17) is 4.74 Å². The maximum atomic E-state index is 10.4. The number of hydrogen-bond acceptors (Lipinski definition) is 3. The number of H-pyrrole nitrogens is 1. The molecule has 4 nitrogen and oxygen atoms in total. The Bertz CT molecular complexity index is 656. The van der Waals surface area contributed by atoms with Gasteiger partial charge in [0.25, 0.3) is 0 Å². The molecule has 2 heterocycles. The molecule has 0 radical (unpaired) electrons. The van der Waals surface area contributed by atoms with Crippen LogP contribution in [0.2, 0.25) is 0 Å². The molecule has 0 saturated carbocycles. The van der Waals surface area contributed by atoms with Gasteiger partial charge in [-0.15, -0.1) is 0 Å². The van der Waals surface area contributed by atoms with Gasteiger partial charge in [-0.05, 0) is 29.8 Å². The van der Waals surface area contributed by atoms with E-state index in [1.165, 1.54) is 0 Å². The number of aliphatic hydroxyl groups excluding tert-OH is 1. The Morgan fingerprint density at radius 2 is 2.00 bits per heavy atom. The van der Waals surface area contributed by atoms with Crippen molar-refractivity contribution in [3.8, 4) is 5.75 Å². The lowest BCUT2D eigenvalue weighted by Gasteiger charge is -2.09. The molecule has 4 heteroatoms. The van der Waals surface area contributed by atoms with E-state index in [1.54, 1.807) is 19.5 Å². The van der Waals surface area contributed by atoms with Gasteiger partial charge < -0.3 is 14.8 Å². The average Bonchev–Trinajstić information content (AvgIpc) is 2.90. The van der Waals surface area contributed by atoms with Gasteiger partial charge in [-0.25, -0.2) is 0 Å². The lowest BCUT2D eigenvalue weighted by Crippen LogP contribution is -1.99. The molecule has 0 spiro atoms. The van der Waals surface area contributed by atoms with Crippen molar-refractivity contribution in [2.45, 2.75) is 6.10 Å². The van der Waals surface area contributed by atoms with E-state index >= 15 is 0 Å². The molecule has 96 valence electrons. The molecule has 3 rings (SSSR count). The number of benzene rings is 1. The van der Waals surface area contributed by atoms with Crippen molar-refractivity contribution >= 4 is 10.9 Å². The van der Waals surface area contributed by atoms with Crippen LogP contribution in [0.1, 0.15) is 17.4 Å². The molecular weight excluding hydrogens is 240 g/mol. The van der Waals surface area contributed by atoms with Crippen LogP contribution in [0, 0.1) is 0 Å². The summed E-state index contributed by atoms with van der Waals surface area (Å²) in [4.78, 5) is 7.23. The van der Waals surface area contributed by atoms with Crippen molar-refractivity contribution in [2.75, 3.05) is 7.11 Å². The number of ether oxygens (including phenoxy) is 1. The lowest BCUT2D eigenvalue weighted by molar-refractivity contribution is 0.216. The zero-order valence-corrected chi connectivity index (χ0v) is 10.5. The number of aromatic amines is 1. The molecule has 2 N–H and O–H groups in total. The fraction of sp³-hybridized carbons (Fsp3) is 0.133. The zero-order valence-electron chi connectivity index (χ0n) is 10.5. The number of aliphatic hydroxyl groups is 1. The van der Waals surface area contributed by atoms with E-state index in [1.807, 2.05) is 36.4 Å². The Balaban J connectivity index is 1.95. The van der Waals surface area contributed by atoms with Crippen molar-refractivity contribution < 1.29 is 9.84 Å². The molecule has 2 aromatic heterocycles. The van der Waals surface area contributed by atoms with E-state index < -0.39 is 6.10 Å². The summed E-state index contributed by atoms with van der Waals surface area (Å²) in [5.41, 5.74) is 2.50. The minimum absolute atomic E-state index is 0.682. The number of methoxy groups -OCH3 is 1. The number of pyridine rings is 1. The average molecular weight is 254 g/mol. The Hall–Kier alpha value is -2.33. The number of nitrogens with one attached hydrogen (secondary N) is 1. The van der Waals surface area contributed by atoms with Gasteiger partial charge in [0.1, 0.15) is 11.9 Å². The van der Waals surface area contributed by atoms with Crippen molar-refractivity contribution in [2.24, 2.45) is 0 Å². The fourth-order valence-corrected chi connectivity index (χ4v) is 2.11. The fourth-order valence-electron chi connectivity index (χ4n) is 2.11. The normalized spacial score (nSPS) is 12.5. The Kier molecular flexibility index (Phi) is 2.93. The molecular formula is C15H14N2O2. The second-order valence-corrected chi connectivity index (χ2v) is 4.36. The summed E-state index contributed by atoms with van der Waals surface area (Å²) in [5, 5.41) is 11.4. The predicted molar refractivity (Wildman–Crippen MR) is 73.1 cm³/mol. The highest BCUT2D eigenvalue weighted by atomic mass is 16.5. The van der Waals surface area contributed by atoms with Gasteiger partial charge in [0.2, 0.25) is 0 Å². The van der Waals surface area contributed by atoms with Gasteiger partial charge in [0.15, 0.2) is 0 Å². The molecule has 1 atom stereocenters. The van der Waals surface area contributed by atoms with Crippen LogP contribution in [0.3, 0.4) is 0 Å². The van der Waals surface area contributed by atoms with E-state index in [0.29, 0.717) is 0 Å². The van der Waals surface area contributed by atoms with E-state index in [2.05, 4.69) is 9.97 Å². The molecule has 3 aromatic rings. The number of nitrogens with zero attached hydrogens (tertiary/aromatic N) is 1. The smallest absolute Gasteiger partial charge is 0.119 e. The van der Waals surface area contributed by atoms with Crippen LogP contribution in [0.15, 0.2) is 48.8 Å². The first-order valence-electron chi connectivity index (χ1n) is 6.02. The SMILES string of the molecule is COc1ccc([C@H](O)c2cc3ccncc3[nH]2)cc1. The van der Waals surface area contributed by atoms with Crippen LogP contribution in [0.4, 0.5) is 0 Å². The third-order valence-corrected chi connectivity index (χ3v) is 3.17. The predicted octanol–water partition coefficient (Wildman–Crippen LogP) is 2.65. The summed E-state index contributed by atoms with van der Waals surface area (Å²) in [6.07, 6.45) is 2.80. The zero-order chi connectivity index (χ0) is 13.2. The second kappa shape index (κ2) is 4.74. The molecule has 19 heavy (non-hydrogen) atoms. The van der Waals surface area contributed by atoms with E-state index in [0.717, 1.165) is 27.9 Å². The van der Waals surface area contributed by atoms with Gasteiger partial charge in [0, 0.05) is 17.3 Å². The molecule has 0 saturated heterocycles. The highest BCUT2D eigenvalue weighted by Crippen LogP contribution is 2.25. The van der Waals surface area contributed by atoms with Crippen LogP contribution < -0.4 is 4.74 Å². The molecule has 0 unspecified atom stereocenters. The third-order valence-electron chi connectivity index (χ3n) is 3.17. The first-order chi connectivity index (χ1) is 9.28. The van der Waals surface area contributed by atoms with Crippen LogP contribution in [-0.4, -0.2) is 22.2 Å². The Labute approximate surface area is 110 Å². The second-order valence-electron chi connectivity index (χ2n) is 4.36. The van der Waals surface area contributed by atoms with Crippen molar-refractivity contribution in [1.82, 2.24) is 9.97 Å². The Morgan fingerprint density at radius 1 is 1.21 bits per heavy atom. The standard InChI is InChI=1S/C15H14N2O2/c1-19-12-4-2-10(3-5-12)15(18)13-8-11-6-7-16-9-14(11)17-13/h2-9,15,17-18H,1H3/t15-/m0/s1. The monoisotopic (exact) mass is 254 g/mol. The minimum atomic E-state index is -0.682. The highest BCUT2D eigenvalue weighted by molar-refractivity contribution is 5.79. The maximum Gasteiger partial charge on any atom is 0.119 e. The maximum absolute atomic E-state index is 10.4.